The van der Waals surface area contributed by atoms with Gasteiger partial charge in [0.1, 0.15) is 0 Å². The van der Waals surface area contributed by atoms with E-state index in [0.717, 1.165) is 12.5 Å². The highest BCUT2D eigenvalue weighted by Crippen LogP contribution is 2.20. The third kappa shape index (κ3) is 2.58. The standard InChI is InChI=1S/C13H19N/c1-10-5-3-4-6-12(10)9-11(2)14-13-7-8-13/h3-6,11,13-14H,7-9H2,1-2H3. The molecule has 1 N–H and O–H groups in total. The van der Waals surface area contributed by atoms with Crippen LogP contribution in [0.25, 0.3) is 0 Å². The normalized spacial score (nSPS) is 18.1. The summed E-state index contributed by atoms with van der Waals surface area (Å²) in [6.07, 6.45) is 3.90. The molecular weight excluding hydrogens is 170 g/mol. The van der Waals surface area contributed by atoms with Crippen molar-refractivity contribution in [3.8, 4) is 0 Å². The average molecular weight is 189 g/mol. The molecular formula is C13H19N. The Morgan fingerprint density at radius 3 is 2.71 bits per heavy atom. The maximum atomic E-state index is 3.63. The highest BCUT2D eigenvalue weighted by molar-refractivity contribution is 5.26. The van der Waals surface area contributed by atoms with Crippen LogP contribution in [-0.2, 0) is 6.42 Å². The summed E-state index contributed by atoms with van der Waals surface area (Å²) in [6, 6.07) is 10.1. The Morgan fingerprint density at radius 1 is 1.36 bits per heavy atom. The molecule has 76 valence electrons. The van der Waals surface area contributed by atoms with E-state index in [0.29, 0.717) is 6.04 Å². The molecule has 14 heavy (non-hydrogen) atoms. The van der Waals surface area contributed by atoms with Crippen molar-refractivity contribution in [1.82, 2.24) is 5.32 Å². The first-order valence-electron chi connectivity index (χ1n) is 5.56. The number of hydrogen-bond acceptors (Lipinski definition) is 1. The minimum Gasteiger partial charge on any atom is -0.311 e. The van der Waals surface area contributed by atoms with E-state index in [-0.39, 0.29) is 0 Å². The molecule has 1 atom stereocenters. The molecule has 0 aromatic heterocycles. The van der Waals surface area contributed by atoms with Crippen LogP contribution in [0.5, 0.6) is 0 Å². The summed E-state index contributed by atoms with van der Waals surface area (Å²) in [7, 11) is 0. The molecule has 1 aliphatic carbocycles. The molecule has 2 rings (SSSR count). The maximum absolute atomic E-state index is 3.63. The largest absolute Gasteiger partial charge is 0.311 e. The first kappa shape index (κ1) is 9.72. The topological polar surface area (TPSA) is 12.0 Å². The molecule has 0 spiro atoms. The van der Waals surface area contributed by atoms with Crippen LogP contribution in [0.15, 0.2) is 24.3 Å². The predicted molar refractivity (Wildman–Crippen MR) is 60.5 cm³/mol. The van der Waals surface area contributed by atoms with Crippen LogP contribution in [0.1, 0.15) is 30.9 Å². The van der Waals surface area contributed by atoms with Gasteiger partial charge in [-0.2, -0.15) is 0 Å². The summed E-state index contributed by atoms with van der Waals surface area (Å²) in [4.78, 5) is 0. The minimum absolute atomic E-state index is 0.614. The zero-order valence-corrected chi connectivity index (χ0v) is 9.09. The van der Waals surface area contributed by atoms with Crippen LogP contribution in [0.3, 0.4) is 0 Å². The lowest BCUT2D eigenvalue weighted by Gasteiger charge is -2.14. The SMILES string of the molecule is Cc1ccccc1CC(C)NC1CC1. The van der Waals surface area contributed by atoms with Gasteiger partial charge in [0.2, 0.25) is 0 Å². The van der Waals surface area contributed by atoms with E-state index < -0.39 is 0 Å². The number of nitrogens with one attached hydrogen (secondary N) is 1. The van der Waals surface area contributed by atoms with Crippen LogP contribution in [0.4, 0.5) is 0 Å². The Morgan fingerprint density at radius 2 is 2.07 bits per heavy atom. The van der Waals surface area contributed by atoms with Crippen molar-refractivity contribution in [3.63, 3.8) is 0 Å². The molecule has 0 heterocycles. The fourth-order valence-electron chi connectivity index (χ4n) is 1.88. The summed E-state index contributed by atoms with van der Waals surface area (Å²) >= 11 is 0. The molecule has 1 heteroatoms. The number of aryl methyl sites for hydroxylation is 1. The Kier molecular flexibility index (Phi) is 2.87. The van der Waals surface area contributed by atoms with Crippen molar-refractivity contribution in [2.75, 3.05) is 0 Å². The summed E-state index contributed by atoms with van der Waals surface area (Å²) in [6.45, 7) is 4.48. The van der Waals surface area contributed by atoms with Gasteiger partial charge in [-0.1, -0.05) is 24.3 Å². The lowest BCUT2D eigenvalue weighted by molar-refractivity contribution is 0.541. The Labute approximate surface area is 86.5 Å². The van der Waals surface area contributed by atoms with Crippen molar-refractivity contribution >= 4 is 0 Å². The molecule has 1 aromatic carbocycles. The average Bonchev–Trinajstić information content (AvgIpc) is 2.93. The molecule has 0 radical (unpaired) electrons. The zero-order valence-electron chi connectivity index (χ0n) is 9.09. The molecule has 0 amide bonds. The second-order valence-electron chi connectivity index (χ2n) is 4.47. The molecule has 1 fully saturated rings. The van der Waals surface area contributed by atoms with Gasteiger partial charge in [-0.15, -0.1) is 0 Å². The fourth-order valence-corrected chi connectivity index (χ4v) is 1.88. The zero-order chi connectivity index (χ0) is 9.97. The van der Waals surface area contributed by atoms with Crippen LogP contribution in [-0.4, -0.2) is 12.1 Å². The molecule has 0 aliphatic heterocycles. The molecule has 0 bridgehead atoms. The summed E-state index contributed by atoms with van der Waals surface area (Å²) < 4.78 is 0. The first-order chi connectivity index (χ1) is 6.75. The second kappa shape index (κ2) is 4.14. The first-order valence-corrected chi connectivity index (χ1v) is 5.56. The Balaban J connectivity index is 1.91. The van der Waals surface area contributed by atoms with Crippen LogP contribution < -0.4 is 5.32 Å². The van der Waals surface area contributed by atoms with Crippen LogP contribution in [0, 0.1) is 6.92 Å². The molecule has 1 saturated carbocycles. The van der Waals surface area contributed by atoms with Gasteiger partial charge in [-0.05, 0) is 44.2 Å². The molecule has 1 aliphatic rings. The summed E-state index contributed by atoms with van der Waals surface area (Å²) in [5.41, 5.74) is 2.89. The smallest absolute Gasteiger partial charge is 0.00818 e. The van der Waals surface area contributed by atoms with Crippen molar-refractivity contribution in [2.24, 2.45) is 0 Å². The van der Waals surface area contributed by atoms with E-state index in [9.17, 15) is 0 Å². The van der Waals surface area contributed by atoms with E-state index in [4.69, 9.17) is 0 Å². The van der Waals surface area contributed by atoms with Gasteiger partial charge in [0.05, 0.1) is 0 Å². The third-order valence-corrected chi connectivity index (χ3v) is 2.88. The van der Waals surface area contributed by atoms with E-state index in [1.165, 1.54) is 24.0 Å². The van der Waals surface area contributed by atoms with E-state index >= 15 is 0 Å². The highest BCUT2D eigenvalue weighted by atomic mass is 15.0. The van der Waals surface area contributed by atoms with Gasteiger partial charge < -0.3 is 5.32 Å². The Bertz CT molecular complexity index is 302. The van der Waals surface area contributed by atoms with E-state index in [1.807, 2.05) is 0 Å². The lowest BCUT2D eigenvalue weighted by Crippen LogP contribution is -2.30. The number of rotatable bonds is 4. The van der Waals surface area contributed by atoms with Crippen molar-refractivity contribution in [1.29, 1.82) is 0 Å². The van der Waals surface area contributed by atoms with Crippen molar-refractivity contribution in [3.05, 3.63) is 35.4 Å². The van der Waals surface area contributed by atoms with Gasteiger partial charge in [-0.25, -0.2) is 0 Å². The molecule has 1 aromatic rings. The second-order valence-corrected chi connectivity index (χ2v) is 4.47. The van der Waals surface area contributed by atoms with Gasteiger partial charge in [-0.3, -0.25) is 0 Å². The molecule has 0 saturated heterocycles. The third-order valence-electron chi connectivity index (χ3n) is 2.88. The summed E-state index contributed by atoms with van der Waals surface area (Å²) in [5, 5.41) is 3.63. The van der Waals surface area contributed by atoms with Crippen LogP contribution in [0.2, 0.25) is 0 Å². The summed E-state index contributed by atoms with van der Waals surface area (Å²) in [5.74, 6) is 0. The van der Waals surface area contributed by atoms with Gasteiger partial charge in [0.25, 0.3) is 0 Å². The van der Waals surface area contributed by atoms with Gasteiger partial charge in [0.15, 0.2) is 0 Å². The number of hydrogen-bond donors (Lipinski definition) is 1. The van der Waals surface area contributed by atoms with Crippen molar-refractivity contribution in [2.45, 2.75) is 45.2 Å². The Hall–Kier alpha value is -0.820. The maximum Gasteiger partial charge on any atom is 0.00818 e. The fraction of sp³-hybridized carbons (Fsp3) is 0.538. The van der Waals surface area contributed by atoms with E-state index in [2.05, 4.69) is 43.4 Å². The quantitative estimate of drug-likeness (QED) is 0.768. The molecule has 1 unspecified atom stereocenters. The van der Waals surface area contributed by atoms with Crippen LogP contribution >= 0.6 is 0 Å². The van der Waals surface area contributed by atoms with Gasteiger partial charge in [0, 0.05) is 12.1 Å². The van der Waals surface area contributed by atoms with E-state index in [1.54, 1.807) is 0 Å². The lowest BCUT2D eigenvalue weighted by atomic mass is 10.0. The molecule has 1 nitrogen and oxygen atoms in total. The highest BCUT2D eigenvalue weighted by Gasteiger charge is 2.22. The van der Waals surface area contributed by atoms with Gasteiger partial charge >= 0.3 is 0 Å². The van der Waals surface area contributed by atoms with Crippen molar-refractivity contribution < 1.29 is 0 Å². The predicted octanol–water partition coefficient (Wildman–Crippen LogP) is 2.68. The monoisotopic (exact) mass is 189 g/mol. The minimum atomic E-state index is 0.614. The number of benzene rings is 1.